The molecule has 3 nitrogen and oxygen atoms in total. The van der Waals surface area contributed by atoms with Crippen LogP contribution >= 0.6 is 0 Å². The molecule has 0 bridgehead atoms. The van der Waals surface area contributed by atoms with Gasteiger partial charge in [0.2, 0.25) is 0 Å². The van der Waals surface area contributed by atoms with Crippen molar-refractivity contribution in [2.45, 2.75) is 32.6 Å². The zero-order valence-corrected chi connectivity index (χ0v) is 12.1. The maximum Gasteiger partial charge on any atom is 0.122 e. The van der Waals surface area contributed by atoms with E-state index in [1.807, 2.05) is 12.1 Å². The van der Waals surface area contributed by atoms with Gasteiger partial charge in [-0.3, -0.25) is 0 Å². The molecule has 1 unspecified atom stereocenters. The third-order valence-electron chi connectivity index (χ3n) is 3.63. The summed E-state index contributed by atoms with van der Waals surface area (Å²) in [6, 6.07) is 6.16. The van der Waals surface area contributed by atoms with E-state index >= 15 is 0 Å². The number of benzene rings is 1. The zero-order chi connectivity index (χ0) is 13.5. The van der Waals surface area contributed by atoms with Crippen LogP contribution in [-0.4, -0.2) is 26.8 Å². The lowest BCUT2D eigenvalue weighted by atomic mass is 9.92. The Morgan fingerprint density at radius 3 is 2.95 bits per heavy atom. The maximum atomic E-state index is 5.71. The number of rotatable bonds is 6. The largest absolute Gasteiger partial charge is 0.496 e. The summed E-state index contributed by atoms with van der Waals surface area (Å²) in [4.78, 5) is 0. The minimum atomic E-state index is 0.712. The van der Waals surface area contributed by atoms with Crippen molar-refractivity contribution in [3.8, 4) is 11.5 Å². The van der Waals surface area contributed by atoms with Crippen molar-refractivity contribution >= 4 is 0 Å². The first kappa shape index (κ1) is 14.2. The summed E-state index contributed by atoms with van der Waals surface area (Å²) in [5.74, 6) is 2.65. The van der Waals surface area contributed by atoms with Crippen molar-refractivity contribution in [2.24, 2.45) is 5.92 Å². The third kappa shape index (κ3) is 4.13. The van der Waals surface area contributed by atoms with E-state index in [1.165, 1.54) is 18.4 Å². The summed E-state index contributed by atoms with van der Waals surface area (Å²) in [5.41, 5.74) is 1.27. The molecule has 3 heteroatoms. The molecular formula is C16H25NO2. The van der Waals surface area contributed by atoms with Gasteiger partial charge in [-0.2, -0.15) is 0 Å². The summed E-state index contributed by atoms with van der Waals surface area (Å²) >= 11 is 0. The summed E-state index contributed by atoms with van der Waals surface area (Å²) in [6.45, 7) is 5.17. The van der Waals surface area contributed by atoms with E-state index in [4.69, 9.17) is 9.47 Å². The molecule has 19 heavy (non-hydrogen) atoms. The molecule has 0 aromatic heterocycles. The van der Waals surface area contributed by atoms with Crippen molar-refractivity contribution in [1.29, 1.82) is 0 Å². The van der Waals surface area contributed by atoms with Gasteiger partial charge in [-0.15, -0.1) is 0 Å². The van der Waals surface area contributed by atoms with E-state index in [0.717, 1.165) is 44.0 Å². The molecule has 1 heterocycles. The summed E-state index contributed by atoms with van der Waals surface area (Å²) in [5, 5.41) is 3.47. The fourth-order valence-corrected chi connectivity index (χ4v) is 2.63. The molecule has 1 aromatic carbocycles. The molecule has 2 rings (SSSR count). The lowest BCUT2D eigenvalue weighted by molar-refractivity contribution is 0.315. The predicted octanol–water partition coefficient (Wildman–Crippen LogP) is 3.03. The van der Waals surface area contributed by atoms with Crippen molar-refractivity contribution < 1.29 is 9.47 Å². The van der Waals surface area contributed by atoms with Gasteiger partial charge in [0.1, 0.15) is 11.5 Å². The number of ether oxygens (including phenoxy) is 2. The van der Waals surface area contributed by atoms with Gasteiger partial charge >= 0.3 is 0 Å². The smallest absolute Gasteiger partial charge is 0.122 e. The molecule has 1 N–H and O–H groups in total. The first-order chi connectivity index (χ1) is 9.33. The van der Waals surface area contributed by atoms with Crippen LogP contribution in [0, 0.1) is 5.92 Å². The zero-order valence-electron chi connectivity index (χ0n) is 12.1. The molecule has 1 aliphatic heterocycles. The molecule has 1 atom stereocenters. The first-order valence-corrected chi connectivity index (χ1v) is 7.34. The minimum absolute atomic E-state index is 0.712. The van der Waals surface area contributed by atoms with Gasteiger partial charge in [-0.05, 0) is 68.5 Å². The van der Waals surface area contributed by atoms with Gasteiger partial charge in [0.05, 0.1) is 13.7 Å². The first-order valence-electron chi connectivity index (χ1n) is 7.34. The van der Waals surface area contributed by atoms with Crippen molar-refractivity contribution in [1.82, 2.24) is 5.32 Å². The van der Waals surface area contributed by atoms with Gasteiger partial charge < -0.3 is 14.8 Å². The van der Waals surface area contributed by atoms with Crippen LogP contribution in [0.4, 0.5) is 0 Å². The van der Waals surface area contributed by atoms with Crippen LogP contribution in [0.2, 0.25) is 0 Å². The average Bonchev–Trinajstić information content (AvgIpc) is 2.46. The quantitative estimate of drug-likeness (QED) is 0.855. The van der Waals surface area contributed by atoms with E-state index in [1.54, 1.807) is 7.11 Å². The van der Waals surface area contributed by atoms with E-state index in [9.17, 15) is 0 Å². The number of hydrogen-bond acceptors (Lipinski definition) is 3. The predicted molar refractivity (Wildman–Crippen MR) is 78.1 cm³/mol. The molecule has 1 aliphatic rings. The molecule has 0 spiro atoms. The highest BCUT2D eigenvalue weighted by molar-refractivity contribution is 5.40. The van der Waals surface area contributed by atoms with Crippen LogP contribution in [0.5, 0.6) is 11.5 Å². The van der Waals surface area contributed by atoms with Crippen LogP contribution in [-0.2, 0) is 6.42 Å². The molecule has 1 aromatic rings. The second-order valence-corrected chi connectivity index (χ2v) is 5.24. The van der Waals surface area contributed by atoms with Crippen LogP contribution in [0.25, 0.3) is 0 Å². The van der Waals surface area contributed by atoms with E-state index in [0.29, 0.717) is 5.92 Å². The maximum absolute atomic E-state index is 5.71. The van der Waals surface area contributed by atoms with E-state index in [2.05, 4.69) is 18.3 Å². The van der Waals surface area contributed by atoms with E-state index < -0.39 is 0 Å². The van der Waals surface area contributed by atoms with Crippen LogP contribution in [0.15, 0.2) is 18.2 Å². The van der Waals surface area contributed by atoms with Gasteiger partial charge in [-0.1, -0.05) is 6.92 Å². The minimum Gasteiger partial charge on any atom is -0.496 e. The number of piperidine rings is 1. The number of nitrogens with one attached hydrogen (secondary N) is 1. The molecular weight excluding hydrogens is 238 g/mol. The molecule has 0 aliphatic carbocycles. The molecule has 106 valence electrons. The Hall–Kier alpha value is -1.22. The van der Waals surface area contributed by atoms with Crippen LogP contribution in [0.3, 0.4) is 0 Å². The second-order valence-electron chi connectivity index (χ2n) is 5.24. The van der Waals surface area contributed by atoms with Crippen molar-refractivity contribution in [3.63, 3.8) is 0 Å². The highest BCUT2D eigenvalue weighted by Crippen LogP contribution is 2.28. The van der Waals surface area contributed by atoms with Crippen molar-refractivity contribution in [2.75, 3.05) is 26.8 Å². The average molecular weight is 263 g/mol. The van der Waals surface area contributed by atoms with Gasteiger partial charge in [-0.25, -0.2) is 0 Å². The topological polar surface area (TPSA) is 30.5 Å². The Balaban J connectivity index is 2.06. The normalized spacial score (nSPS) is 19.2. The van der Waals surface area contributed by atoms with E-state index in [-0.39, 0.29) is 0 Å². The number of methoxy groups -OCH3 is 1. The monoisotopic (exact) mass is 263 g/mol. The number of hydrogen-bond donors (Lipinski definition) is 1. The van der Waals surface area contributed by atoms with Crippen LogP contribution in [0.1, 0.15) is 31.7 Å². The third-order valence-corrected chi connectivity index (χ3v) is 3.63. The summed E-state index contributed by atoms with van der Waals surface area (Å²) < 4.78 is 11.2. The Kier molecular flexibility index (Phi) is 5.52. The second kappa shape index (κ2) is 7.39. The Labute approximate surface area is 116 Å². The molecule has 0 amide bonds. The highest BCUT2D eigenvalue weighted by Gasteiger charge is 2.16. The van der Waals surface area contributed by atoms with Gasteiger partial charge in [0.25, 0.3) is 0 Å². The SMILES string of the molecule is CCCOc1ccc(OC)c(CC2CCCNC2)c1. The van der Waals surface area contributed by atoms with Gasteiger partial charge in [0.15, 0.2) is 0 Å². The summed E-state index contributed by atoms with van der Waals surface area (Å²) in [7, 11) is 1.74. The standard InChI is InChI=1S/C16H25NO2/c1-3-9-19-15-6-7-16(18-2)14(11-15)10-13-5-4-8-17-12-13/h6-7,11,13,17H,3-5,8-10,12H2,1-2H3. The lowest BCUT2D eigenvalue weighted by Crippen LogP contribution is -2.30. The molecule has 0 radical (unpaired) electrons. The van der Waals surface area contributed by atoms with Crippen LogP contribution < -0.4 is 14.8 Å². The molecule has 0 saturated carbocycles. The van der Waals surface area contributed by atoms with Gasteiger partial charge in [0, 0.05) is 0 Å². The fraction of sp³-hybridized carbons (Fsp3) is 0.625. The lowest BCUT2D eigenvalue weighted by Gasteiger charge is -2.23. The Morgan fingerprint density at radius 2 is 2.26 bits per heavy atom. The Bertz CT molecular complexity index is 386. The van der Waals surface area contributed by atoms with Crippen molar-refractivity contribution in [3.05, 3.63) is 23.8 Å². The summed E-state index contributed by atoms with van der Waals surface area (Å²) in [6.07, 6.45) is 4.68. The Morgan fingerprint density at radius 1 is 1.37 bits per heavy atom. The fourth-order valence-electron chi connectivity index (χ4n) is 2.63. The molecule has 1 fully saturated rings. The highest BCUT2D eigenvalue weighted by atomic mass is 16.5. The molecule has 1 saturated heterocycles.